The highest BCUT2D eigenvalue weighted by Crippen LogP contribution is 2.32. The zero-order valence-electron chi connectivity index (χ0n) is 15.3. The number of para-hydroxylation sites is 1. The maximum atomic E-state index is 2.84. The fourth-order valence-corrected chi connectivity index (χ4v) is 5.30. The van der Waals surface area contributed by atoms with Crippen molar-refractivity contribution in [1.82, 2.24) is 4.90 Å². The summed E-state index contributed by atoms with van der Waals surface area (Å²) in [6.45, 7) is 3.92. The highest BCUT2D eigenvalue weighted by Gasteiger charge is 2.30. The monoisotopic (exact) mass is 326 g/mol. The van der Waals surface area contributed by atoms with Crippen LogP contribution in [0, 0.1) is 0 Å². The van der Waals surface area contributed by atoms with Gasteiger partial charge in [0.05, 0.1) is 0 Å². The van der Waals surface area contributed by atoms with Gasteiger partial charge in [-0.15, -0.1) is 0 Å². The highest BCUT2D eigenvalue weighted by atomic mass is 15.2. The van der Waals surface area contributed by atoms with Crippen molar-refractivity contribution in [2.75, 3.05) is 24.5 Å². The molecule has 1 saturated carbocycles. The van der Waals surface area contributed by atoms with Crippen LogP contribution in [-0.2, 0) is 6.42 Å². The molecule has 0 unspecified atom stereocenters. The lowest BCUT2D eigenvalue weighted by Crippen LogP contribution is -2.49. The van der Waals surface area contributed by atoms with Crippen LogP contribution in [0.2, 0.25) is 0 Å². The highest BCUT2D eigenvalue weighted by molar-refractivity contribution is 5.56. The van der Waals surface area contributed by atoms with E-state index in [2.05, 4.69) is 34.1 Å². The summed E-state index contributed by atoms with van der Waals surface area (Å²) < 4.78 is 0. The van der Waals surface area contributed by atoms with Gasteiger partial charge < -0.3 is 9.80 Å². The van der Waals surface area contributed by atoms with Crippen LogP contribution in [0.15, 0.2) is 24.3 Å². The lowest BCUT2D eigenvalue weighted by Gasteiger charge is -2.44. The third kappa shape index (κ3) is 3.64. The molecule has 2 heterocycles. The Morgan fingerprint density at radius 2 is 1.38 bits per heavy atom. The van der Waals surface area contributed by atoms with E-state index in [1.165, 1.54) is 96.0 Å². The number of nitrogens with zero attached hydrogens (tertiary/aromatic N) is 2. The van der Waals surface area contributed by atoms with Crippen molar-refractivity contribution in [2.24, 2.45) is 0 Å². The molecule has 3 aliphatic rings. The second-order valence-electron chi connectivity index (χ2n) is 8.19. The van der Waals surface area contributed by atoms with Crippen molar-refractivity contribution in [3.63, 3.8) is 0 Å². The number of aryl methyl sites for hydroxylation is 1. The summed E-state index contributed by atoms with van der Waals surface area (Å²) in [6, 6.07) is 10.8. The molecule has 2 heteroatoms. The van der Waals surface area contributed by atoms with Crippen LogP contribution in [-0.4, -0.2) is 36.6 Å². The maximum absolute atomic E-state index is 2.84. The van der Waals surface area contributed by atoms with Crippen LogP contribution in [0.25, 0.3) is 0 Å². The molecule has 0 radical (unpaired) electrons. The maximum Gasteiger partial charge on any atom is 0.0401 e. The van der Waals surface area contributed by atoms with Gasteiger partial charge in [0.2, 0.25) is 0 Å². The van der Waals surface area contributed by atoms with Gasteiger partial charge in [-0.1, -0.05) is 50.3 Å². The predicted molar refractivity (Wildman–Crippen MR) is 103 cm³/mol. The number of benzene rings is 1. The van der Waals surface area contributed by atoms with E-state index in [1.54, 1.807) is 5.56 Å². The van der Waals surface area contributed by atoms with Gasteiger partial charge >= 0.3 is 0 Å². The summed E-state index contributed by atoms with van der Waals surface area (Å²) >= 11 is 0. The molecule has 1 aliphatic carbocycles. The van der Waals surface area contributed by atoms with Gasteiger partial charge in [0.25, 0.3) is 0 Å². The number of likely N-dealkylation sites (tertiary alicyclic amines) is 1. The Balaban J connectivity index is 1.36. The zero-order valence-corrected chi connectivity index (χ0v) is 15.3. The molecule has 1 aromatic rings. The van der Waals surface area contributed by atoms with E-state index in [0.29, 0.717) is 0 Å². The number of anilines is 1. The average Bonchev–Trinajstić information content (AvgIpc) is 2.61. The van der Waals surface area contributed by atoms with Crippen molar-refractivity contribution in [1.29, 1.82) is 0 Å². The Hall–Kier alpha value is -1.02. The largest absolute Gasteiger partial charge is 0.368 e. The van der Waals surface area contributed by atoms with E-state index < -0.39 is 0 Å². The Bertz CT molecular complexity index is 510. The molecule has 1 aromatic carbocycles. The van der Waals surface area contributed by atoms with E-state index in [0.717, 1.165) is 12.1 Å². The van der Waals surface area contributed by atoms with Gasteiger partial charge in [-0.2, -0.15) is 0 Å². The SMILES string of the molecule is c1ccc2c(c1)CCCN2C1CCN(C2CCCCCCC2)CC1. The minimum Gasteiger partial charge on any atom is -0.368 e. The molecule has 0 aromatic heterocycles. The van der Waals surface area contributed by atoms with Gasteiger partial charge in [0, 0.05) is 37.4 Å². The lowest BCUT2D eigenvalue weighted by atomic mass is 9.92. The fraction of sp³-hybridized carbons (Fsp3) is 0.727. The molecule has 1 saturated heterocycles. The van der Waals surface area contributed by atoms with Crippen LogP contribution in [0.1, 0.15) is 69.8 Å². The Morgan fingerprint density at radius 3 is 2.17 bits per heavy atom. The number of hydrogen-bond donors (Lipinski definition) is 0. The van der Waals surface area contributed by atoms with E-state index in [4.69, 9.17) is 0 Å². The van der Waals surface area contributed by atoms with Crippen molar-refractivity contribution < 1.29 is 0 Å². The van der Waals surface area contributed by atoms with Gasteiger partial charge in [0.15, 0.2) is 0 Å². The molecule has 2 nitrogen and oxygen atoms in total. The molecule has 0 amide bonds. The fourth-order valence-electron chi connectivity index (χ4n) is 5.30. The summed E-state index contributed by atoms with van der Waals surface area (Å²) in [7, 11) is 0. The summed E-state index contributed by atoms with van der Waals surface area (Å²) in [5, 5.41) is 0. The molecule has 2 fully saturated rings. The third-order valence-electron chi connectivity index (χ3n) is 6.68. The minimum atomic E-state index is 0.774. The average molecular weight is 327 g/mol. The first kappa shape index (κ1) is 16.4. The Labute approximate surface area is 148 Å². The molecule has 24 heavy (non-hydrogen) atoms. The van der Waals surface area contributed by atoms with Gasteiger partial charge in [-0.25, -0.2) is 0 Å². The summed E-state index contributed by atoms with van der Waals surface area (Å²) in [5.74, 6) is 0. The van der Waals surface area contributed by atoms with Gasteiger partial charge in [-0.3, -0.25) is 0 Å². The van der Waals surface area contributed by atoms with Crippen molar-refractivity contribution in [3.8, 4) is 0 Å². The smallest absolute Gasteiger partial charge is 0.0401 e. The topological polar surface area (TPSA) is 6.48 Å². The summed E-state index contributed by atoms with van der Waals surface area (Å²) in [6.07, 6.45) is 15.6. The predicted octanol–water partition coefficient (Wildman–Crippen LogP) is 5.02. The Morgan fingerprint density at radius 1 is 0.667 bits per heavy atom. The van der Waals surface area contributed by atoms with Crippen LogP contribution >= 0.6 is 0 Å². The van der Waals surface area contributed by atoms with Crippen molar-refractivity contribution in [2.45, 2.75) is 82.7 Å². The molecule has 0 bridgehead atoms. The number of fused-ring (bicyclic) bond motifs is 1. The molecular weight excluding hydrogens is 292 g/mol. The third-order valence-corrected chi connectivity index (χ3v) is 6.68. The first-order valence-electron chi connectivity index (χ1n) is 10.5. The summed E-state index contributed by atoms with van der Waals surface area (Å²) in [4.78, 5) is 5.59. The molecule has 132 valence electrons. The summed E-state index contributed by atoms with van der Waals surface area (Å²) in [5.41, 5.74) is 3.11. The van der Waals surface area contributed by atoms with Crippen LogP contribution in [0.4, 0.5) is 5.69 Å². The molecule has 0 atom stereocenters. The van der Waals surface area contributed by atoms with Gasteiger partial charge in [-0.05, 0) is 50.2 Å². The molecule has 0 N–H and O–H groups in total. The van der Waals surface area contributed by atoms with Crippen molar-refractivity contribution >= 4 is 5.69 Å². The van der Waals surface area contributed by atoms with Crippen LogP contribution in [0.3, 0.4) is 0 Å². The molecule has 2 aliphatic heterocycles. The van der Waals surface area contributed by atoms with Gasteiger partial charge in [0.1, 0.15) is 0 Å². The molecular formula is C22H34N2. The Kier molecular flexibility index (Phi) is 5.42. The first-order valence-corrected chi connectivity index (χ1v) is 10.5. The van der Waals surface area contributed by atoms with E-state index >= 15 is 0 Å². The lowest BCUT2D eigenvalue weighted by molar-refractivity contribution is 0.128. The van der Waals surface area contributed by atoms with Crippen molar-refractivity contribution in [3.05, 3.63) is 29.8 Å². The zero-order chi connectivity index (χ0) is 16.2. The second kappa shape index (κ2) is 7.91. The number of piperidine rings is 1. The molecule has 0 spiro atoms. The normalized spacial score (nSPS) is 25.1. The van der Waals surface area contributed by atoms with E-state index in [1.807, 2.05) is 0 Å². The van der Waals surface area contributed by atoms with Crippen LogP contribution in [0.5, 0.6) is 0 Å². The second-order valence-corrected chi connectivity index (χ2v) is 8.19. The quantitative estimate of drug-likeness (QED) is 0.753. The van der Waals surface area contributed by atoms with E-state index in [9.17, 15) is 0 Å². The van der Waals surface area contributed by atoms with E-state index in [-0.39, 0.29) is 0 Å². The standard InChI is InChI=1S/C22H34N2/c1-2-4-11-20(12-5-3-1)23-17-14-21(15-18-23)24-16-8-10-19-9-6-7-13-22(19)24/h6-7,9,13,20-21H,1-5,8,10-12,14-18H2. The first-order chi connectivity index (χ1) is 11.9. The van der Waals surface area contributed by atoms with Crippen LogP contribution < -0.4 is 4.90 Å². The number of rotatable bonds is 2. The molecule has 4 rings (SSSR count). The minimum absolute atomic E-state index is 0.774. The number of hydrogen-bond acceptors (Lipinski definition) is 2.